The molecule has 1 aliphatic rings. The first-order valence-electron chi connectivity index (χ1n) is 11.3. The molecule has 0 aliphatic heterocycles. The van der Waals surface area contributed by atoms with Gasteiger partial charge in [0.05, 0.1) is 0 Å². The van der Waals surface area contributed by atoms with Crippen molar-refractivity contribution in [1.29, 1.82) is 0 Å². The van der Waals surface area contributed by atoms with Gasteiger partial charge in [0, 0.05) is 5.39 Å². The van der Waals surface area contributed by atoms with Crippen LogP contribution in [-0.4, -0.2) is 6.61 Å². The minimum atomic E-state index is -0.0331. The SMILES string of the molecule is CC=CCOc1ccc2c(c1)CCC(c1ccc3cc(CCCC)ccc3c1F)C2. The van der Waals surface area contributed by atoms with Crippen LogP contribution in [0.2, 0.25) is 0 Å². The Balaban J connectivity index is 1.54. The third-order valence-electron chi connectivity index (χ3n) is 6.30. The van der Waals surface area contributed by atoms with Crippen molar-refractivity contribution in [2.45, 2.75) is 58.3 Å². The van der Waals surface area contributed by atoms with Gasteiger partial charge in [0.2, 0.25) is 0 Å². The number of unbranched alkanes of at least 4 members (excludes halogenated alkanes) is 1. The Morgan fingerprint density at radius 2 is 1.97 bits per heavy atom. The summed E-state index contributed by atoms with van der Waals surface area (Å²) in [6, 6.07) is 16.7. The molecule has 1 unspecified atom stereocenters. The molecule has 1 aliphatic carbocycles. The van der Waals surface area contributed by atoms with Crippen LogP contribution >= 0.6 is 0 Å². The summed E-state index contributed by atoms with van der Waals surface area (Å²) in [4.78, 5) is 0. The standard InChI is InChI=1S/C28H31FO/c1-3-5-7-20-8-14-26-23(17-20)12-15-27(28(26)29)24-10-9-22-19-25(30-16-6-4-2)13-11-21(22)18-24/h4,6,8,11-15,17,19,24H,3,5,7,9-10,16,18H2,1-2H3. The molecule has 0 heterocycles. The first kappa shape index (κ1) is 20.7. The molecular formula is C28H31FO. The minimum absolute atomic E-state index is 0.0331. The Hall–Kier alpha value is -2.61. The average Bonchev–Trinajstić information content (AvgIpc) is 2.78. The fraction of sp³-hybridized carbons (Fsp3) is 0.357. The Bertz CT molecular complexity index is 1050. The number of hydrogen-bond donors (Lipinski definition) is 0. The second-order valence-electron chi connectivity index (χ2n) is 8.38. The average molecular weight is 403 g/mol. The van der Waals surface area contributed by atoms with E-state index in [0.717, 1.165) is 47.8 Å². The van der Waals surface area contributed by atoms with Gasteiger partial charge in [0.25, 0.3) is 0 Å². The predicted molar refractivity (Wildman–Crippen MR) is 124 cm³/mol. The van der Waals surface area contributed by atoms with Crippen LogP contribution in [-0.2, 0) is 19.3 Å². The zero-order valence-corrected chi connectivity index (χ0v) is 18.1. The third kappa shape index (κ3) is 4.43. The molecule has 30 heavy (non-hydrogen) atoms. The van der Waals surface area contributed by atoms with Crippen molar-refractivity contribution < 1.29 is 9.13 Å². The summed E-state index contributed by atoms with van der Waals surface area (Å²) in [5, 5.41) is 1.77. The van der Waals surface area contributed by atoms with E-state index in [0.29, 0.717) is 6.61 Å². The van der Waals surface area contributed by atoms with E-state index in [1.807, 2.05) is 37.3 Å². The van der Waals surface area contributed by atoms with Crippen molar-refractivity contribution in [2.75, 3.05) is 6.61 Å². The summed E-state index contributed by atoms with van der Waals surface area (Å²) in [6.45, 7) is 4.79. The highest BCUT2D eigenvalue weighted by molar-refractivity contribution is 5.84. The number of benzene rings is 3. The van der Waals surface area contributed by atoms with Gasteiger partial charge in [-0.1, -0.05) is 61.9 Å². The Morgan fingerprint density at radius 3 is 2.80 bits per heavy atom. The zero-order valence-electron chi connectivity index (χ0n) is 18.1. The molecular weight excluding hydrogens is 371 g/mol. The molecule has 0 spiro atoms. The number of ether oxygens (including phenoxy) is 1. The van der Waals surface area contributed by atoms with E-state index >= 15 is 4.39 Å². The highest BCUT2D eigenvalue weighted by Crippen LogP contribution is 2.37. The van der Waals surface area contributed by atoms with E-state index in [-0.39, 0.29) is 11.7 Å². The molecule has 2 heteroatoms. The molecule has 4 rings (SSSR count). The first-order chi connectivity index (χ1) is 14.7. The molecule has 156 valence electrons. The van der Waals surface area contributed by atoms with Crippen LogP contribution in [0.3, 0.4) is 0 Å². The normalized spacial score (nSPS) is 16.2. The molecule has 3 aromatic rings. The smallest absolute Gasteiger partial charge is 0.134 e. The van der Waals surface area contributed by atoms with Crippen LogP contribution in [0.25, 0.3) is 10.8 Å². The lowest BCUT2D eigenvalue weighted by molar-refractivity contribution is 0.361. The maximum atomic E-state index is 15.4. The van der Waals surface area contributed by atoms with Crippen LogP contribution in [0.4, 0.5) is 4.39 Å². The summed E-state index contributed by atoms with van der Waals surface area (Å²) in [7, 11) is 0. The van der Waals surface area contributed by atoms with Crippen molar-refractivity contribution in [3.63, 3.8) is 0 Å². The number of rotatable bonds is 7. The monoisotopic (exact) mass is 402 g/mol. The van der Waals surface area contributed by atoms with Gasteiger partial charge in [-0.3, -0.25) is 0 Å². The van der Waals surface area contributed by atoms with Gasteiger partial charge < -0.3 is 4.74 Å². The largest absolute Gasteiger partial charge is 0.490 e. The first-order valence-corrected chi connectivity index (χ1v) is 11.3. The fourth-order valence-corrected chi connectivity index (χ4v) is 4.54. The summed E-state index contributed by atoms with van der Waals surface area (Å²) >= 11 is 0. The third-order valence-corrected chi connectivity index (χ3v) is 6.30. The summed E-state index contributed by atoms with van der Waals surface area (Å²) in [5.74, 6) is 1.12. The van der Waals surface area contributed by atoms with Gasteiger partial charge in [-0.05, 0) is 84.7 Å². The number of halogens is 1. The molecule has 3 aromatic carbocycles. The van der Waals surface area contributed by atoms with Gasteiger partial charge in [-0.2, -0.15) is 0 Å². The molecule has 0 saturated carbocycles. The fourth-order valence-electron chi connectivity index (χ4n) is 4.54. The lowest BCUT2D eigenvalue weighted by Gasteiger charge is -2.26. The van der Waals surface area contributed by atoms with E-state index in [9.17, 15) is 0 Å². The van der Waals surface area contributed by atoms with Gasteiger partial charge in [-0.25, -0.2) is 4.39 Å². The zero-order chi connectivity index (χ0) is 20.9. The predicted octanol–water partition coefficient (Wildman–Crippen LogP) is 7.55. The van der Waals surface area contributed by atoms with E-state index in [1.165, 1.54) is 29.5 Å². The highest BCUT2D eigenvalue weighted by Gasteiger charge is 2.24. The molecule has 1 nitrogen and oxygen atoms in total. The summed E-state index contributed by atoms with van der Waals surface area (Å²) in [5.41, 5.74) is 4.82. The van der Waals surface area contributed by atoms with Crippen molar-refractivity contribution in [3.8, 4) is 5.75 Å². The molecule has 0 bridgehead atoms. The van der Waals surface area contributed by atoms with Crippen molar-refractivity contribution in [2.24, 2.45) is 0 Å². The molecule has 0 saturated heterocycles. The Labute approximate surface area is 179 Å². The molecule has 1 atom stereocenters. The van der Waals surface area contributed by atoms with E-state index in [2.05, 4.69) is 37.3 Å². The van der Waals surface area contributed by atoms with Crippen LogP contribution in [0.15, 0.2) is 60.7 Å². The van der Waals surface area contributed by atoms with Crippen LogP contribution in [0, 0.1) is 5.82 Å². The topological polar surface area (TPSA) is 9.23 Å². The van der Waals surface area contributed by atoms with Crippen molar-refractivity contribution in [1.82, 2.24) is 0 Å². The van der Waals surface area contributed by atoms with Crippen molar-refractivity contribution in [3.05, 3.63) is 88.8 Å². The molecule has 0 radical (unpaired) electrons. The maximum Gasteiger partial charge on any atom is 0.134 e. The second-order valence-corrected chi connectivity index (χ2v) is 8.38. The number of hydrogen-bond acceptors (Lipinski definition) is 1. The van der Waals surface area contributed by atoms with E-state index in [4.69, 9.17) is 4.74 Å². The molecule has 0 N–H and O–H groups in total. The Morgan fingerprint density at radius 1 is 1.07 bits per heavy atom. The molecule has 0 fully saturated rings. The van der Waals surface area contributed by atoms with Gasteiger partial charge in [0.1, 0.15) is 18.2 Å². The second kappa shape index (κ2) is 9.47. The molecule has 0 amide bonds. The quantitative estimate of drug-likeness (QED) is 0.371. The van der Waals surface area contributed by atoms with Crippen LogP contribution in [0.1, 0.15) is 61.3 Å². The van der Waals surface area contributed by atoms with Crippen molar-refractivity contribution >= 4 is 10.8 Å². The number of aryl methyl sites for hydroxylation is 2. The van der Waals surface area contributed by atoms with Gasteiger partial charge >= 0.3 is 0 Å². The van der Waals surface area contributed by atoms with E-state index in [1.54, 1.807) is 0 Å². The van der Waals surface area contributed by atoms with E-state index < -0.39 is 0 Å². The molecule has 0 aromatic heterocycles. The number of fused-ring (bicyclic) bond motifs is 2. The Kier molecular flexibility index (Phi) is 6.52. The van der Waals surface area contributed by atoms with Crippen LogP contribution in [0.5, 0.6) is 5.75 Å². The summed E-state index contributed by atoms with van der Waals surface area (Å²) in [6.07, 6.45) is 10.2. The van der Waals surface area contributed by atoms with Crippen LogP contribution < -0.4 is 4.74 Å². The maximum absolute atomic E-state index is 15.4. The van der Waals surface area contributed by atoms with Gasteiger partial charge in [0.15, 0.2) is 0 Å². The minimum Gasteiger partial charge on any atom is -0.490 e. The highest BCUT2D eigenvalue weighted by atomic mass is 19.1. The summed E-state index contributed by atoms with van der Waals surface area (Å²) < 4.78 is 21.2. The lowest BCUT2D eigenvalue weighted by atomic mass is 9.79. The number of allylic oxidation sites excluding steroid dienone is 1. The lowest BCUT2D eigenvalue weighted by Crippen LogP contribution is -2.14. The van der Waals surface area contributed by atoms with Gasteiger partial charge in [-0.15, -0.1) is 0 Å².